The van der Waals surface area contributed by atoms with Crippen molar-refractivity contribution in [2.45, 2.75) is 107 Å². The number of nitrogens with zero attached hydrogens (tertiary/aromatic N) is 4. The lowest BCUT2D eigenvalue weighted by atomic mass is 10.1. The zero-order valence-corrected chi connectivity index (χ0v) is 33.3. The third-order valence-corrected chi connectivity index (χ3v) is 20.5. The van der Waals surface area contributed by atoms with Crippen LogP contribution in [0.5, 0.6) is 0 Å². The Bertz CT molecular complexity index is 1510. The number of anilines is 1. The summed E-state index contributed by atoms with van der Waals surface area (Å²) in [6, 6.07) is 8.26. The standard InChI is InChI=1S/C30H46ClIN6O3SSi2/c1-29(2,3)43(8,9)40-21-22(41-44(10,11)30(4,5)6)27(42-23(21)26(39)33-7)38-17-35-20-24(36-28(31)37-25(20)38)34-16-18-13-12-14-19(32)15-18/h12-15,17,21-23,27H,16H2,1-11H3,(H,33,39)(H,34,36,37)/t21-,22+,23-,27+/m0/s1. The molecule has 1 aliphatic heterocycles. The Hall–Kier alpha value is -1.24. The molecule has 1 saturated heterocycles. The molecule has 0 radical (unpaired) electrons. The average molecular weight is 789 g/mol. The van der Waals surface area contributed by atoms with Gasteiger partial charge in [0, 0.05) is 17.2 Å². The Kier molecular flexibility index (Phi) is 10.6. The van der Waals surface area contributed by atoms with Crippen LogP contribution in [0.25, 0.3) is 11.2 Å². The van der Waals surface area contributed by atoms with E-state index >= 15 is 0 Å². The van der Waals surface area contributed by atoms with Gasteiger partial charge in [-0.1, -0.05) is 53.7 Å². The van der Waals surface area contributed by atoms with Crippen molar-refractivity contribution in [3.05, 3.63) is 45.0 Å². The summed E-state index contributed by atoms with van der Waals surface area (Å²) in [6.07, 6.45) is 0.876. The molecule has 1 aliphatic rings. The minimum absolute atomic E-state index is 0.0512. The van der Waals surface area contributed by atoms with Crippen molar-refractivity contribution in [2.24, 2.45) is 0 Å². The highest BCUT2D eigenvalue weighted by Crippen LogP contribution is 2.51. The van der Waals surface area contributed by atoms with E-state index in [1.807, 2.05) is 10.6 Å². The number of nitrogens with one attached hydrogen (secondary N) is 2. The first-order chi connectivity index (χ1) is 20.3. The Morgan fingerprint density at radius 3 is 2.23 bits per heavy atom. The van der Waals surface area contributed by atoms with E-state index in [0.29, 0.717) is 23.5 Å². The van der Waals surface area contributed by atoms with E-state index in [9.17, 15) is 4.79 Å². The van der Waals surface area contributed by atoms with Crippen molar-refractivity contribution < 1.29 is 13.6 Å². The van der Waals surface area contributed by atoms with Crippen LogP contribution in [0.1, 0.15) is 52.5 Å². The summed E-state index contributed by atoms with van der Waals surface area (Å²) >= 11 is 10.4. The van der Waals surface area contributed by atoms with Crippen LogP contribution in [0, 0.1) is 3.57 Å². The quantitative estimate of drug-likeness (QED) is 0.129. The lowest BCUT2D eigenvalue weighted by molar-refractivity contribution is -0.122. The molecule has 44 heavy (non-hydrogen) atoms. The van der Waals surface area contributed by atoms with Crippen LogP contribution in [0.2, 0.25) is 41.5 Å². The molecule has 14 heteroatoms. The van der Waals surface area contributed by atoms with Gasteiger partial charge in [0.1, 0.15) is 16.7 Å². The van der Waals surface area contributed by atoms with Gasteiger partial charge >= 0.3 is 0 Å². The third kappa shape index (κ3) is 7.49. The molecule has 2 N–H and O–H groups in total. The number of hydrogen-bond donors (Lipinski definition) is 2. The fraction of sp³-hybridized carbons (Fsp3) is 0.600. The molecule has 0 spiro atoms. The maximum Gasteiger partial charge on any atom is 0.235 e. The molecule has 1 aromatic carbocycles. The van der Waals surface area contributed by atoms with E-state index in [1.54, 1.807) is 13.4 Å². The largest absolute Gasteiger partial charge is 0.410 e. The molecule has 3 aromatic rings. The lowest BCUT2D eigenvalue weighted by Gasteiger charge is -2.44. The molecule has 4 rings (SSSR count). The Balaban J connectivity index is 1.81. The minimum Gasteiger partial charge on any atom is -0.410 e. The number of thioether (sulfide) groups is 1. The number of imidazole rings is 1. The summed E-state index contributed by atoms with van der Waals surface area (Å²) in [7, 11) is -2.95. The molecular formula is C30H46ClIN6O3SSi2. The Morgan fingerprint density at radius 1 is 1.05 bits per heavy atom. The molecule has 0 unspecified atom stereocenters. The predicted molar refractivity (Wildman–Crippen MR) is 195 cm³/mol. The fourth-order valence-electron chi connectivity index (χ4n) is 4.54. The van der Waals surface area contributed by atoms with Crippen molar-refractivity contribution in [3.63, 3.8) is 0 Å². The Morgan fingerprint density at radius 2 is 1.66 bits per heavy atom. The van der Waals surface area contributed by atoms with Crippen molar-refractivity contribution in [3.8, 4) is 0 Å². The molecule has 9 nitrogen and oxygen atoms in total. The van der Waals surface area contributed by atoms with E-state index in [1.165, 1.54) is 11.8 Å². The number of carbonyl (C=O) groups is 1. The summed E-state index contributed by atoms with van der Waals surface area (Å²) in [5, 5.41) is 5.49. The van der Waals surface area contributed by atoms with E-state index in [4.69, 9.17) is 25.4 Å². The maximum absolute atomic E-state index is 13.5. The first-order valence-corrected chi connectivity index (χ1v) is 23.1. The summed E-state index contributed by atoms with van der Waals surface area (Å²) in [5.74, 6) is 0.473. The number of halogens is 2. The van der Waals surface area contributed by atoms with Crippen LogP contribution < -0.4 is 10.6 Å². The number of benzene rings is 1. The number of amides is 1. The topological polar surface area (TPSA) is 103 Å². The highest BCUT2D eigenvalue weighted by Gasteiger charge is 2.56. The van der Waals surface area contributed by atoms with Gasteiger partial charge < -0.3 is 19.5 Å². The van der Waals surface area contributed by atoms with Gasteiger partial charge in [0.2, 0.25) is 11.2 Å². The molecule has 1 fully saturated rings. The highest BCUT2D eigenvalue weighted by atomic mass is 127. The number of rotatable bonds is 9. The van der Waals surface area contributed by atoms with Crippen molar-refractivity contribution in [1.29, 1.82) is 0 Å². The molecule has 4 atom stereocenters. The van der Waals surface area contributed by atoms with Gasteiger partial charge in [0.25, 0.3) is 0 Å². The van der Waals surface area contributed by atoms with Crippen LogP contribution in [0.3, 0.4) is 0 Å². The van der Waals surface area contributed by atoms with Crippen LogP contribution in [-0.2, 0) is 20.2 Å². The van der Waals surface area contributed by atoms with Gasteiger partial charge in [0.15, 0.2) is 33.6 Å². The summed E-state index contributed by atoms with van der Waals surface area (Å²) in [4.78, 5) is 27.4. The number of carbonyl (C=O) groups excluding carboxylic acids is 1. The molecule has 0 aliphatic carbocycles. The number of hydrogen-bond acceptors (Lipinski definition) is 8. The average Bonchev–Trinajstić information content (AvgIpc) is 3.46. The van der Waals surface area contributed by atoms with Crippen molar-refractivity contribution in [1.82, 2.24) is 24.8 Å². The Labute approximate surface area is 286 Å². The summed E-state index contributed by atoms with van der Waals surface area (Å²) < 4.78 is 17.5. The van der Waals surface area contributed by atoms with Crippen molar-refractivity contribution >= 4 is 85.5 Å². The van der Waals surface area contributed by atoms with Crippen LogP contribution in [-0.4, -0.2) is 66.6 Å². The van der Waals surface area contributed by atoms with Gasteiger partial charge in [-0.05, 0) is 88.2 Å². The monoisotopic (exact) mass is 788 g/mol. The molecule has 1 amide bonds. The first-order valence-electron chi connectivity index (χ1n) is 14.9. The van der Waals surface area contributed by atoms with E-state index < -0.39 is 34.1 Å². The third-order valence-electron chi connectivity index (χ3n) is 9.19. The lowest BCUT2D eigenvalue weighted by Crippen LogP contribution is -2.55. The first kappa shape index (κ1) is 35.6. The van der Waals surface area contributed by atoms with Crippen LogP contribution in [0.4, 0.5) is 5.82 Å². The molecule has 242 valence electrons. The second kappa shape index (κ2) is 13.1. The normalized spacial score (nSPS) is 21.6. The second-order valence-electron chi connectivity index (χ2n) is 14.4. The smallest absolute Gasteiger partial charge is 0.235 e. The summed E-state index contributed by atoms with van der Waals surface area (Å²) in [6.45, 7) is 22.8. The van der Waals surface area contributed by atoms with E-state index in [2.05, 4.69) is 129 Å². The van der Waals surface area contributed by atoms with Crippen molar-refractivity contribution in [2.75, 3.05) is 12.4 Å². The second-order valence-corrected chi connectivity index (χ2v) is 26.8. The van der Waals surface area contributed by atoms with E-state index in [0.717, 1.165) is 9.13 Å². The fourth-order valence-corrected chi connectivity index (χ4v) is 9.67. The van der Waals surface area contributed by atoms with Gasteiger partial charge in [-0.2, -0.15) is 9.97 Å². The molecular weight excluding hydrogens is 743 g/mol. The molecule has 2 aromatic heterocycles. The van der Waals surface area contributed by atoms with E-state index in [-0.39, 0.29) is 26.6 Å². The predicted octanol–water partition coefficient (Wildman–Crippen LogP) is 7.84. The summed E-state index contributed by atoms with van der Waals surface area (Å²) in [5.41, 5.74) is 2.31. The number of aromatic nitrogens is 4. The molecule has 3 heterocycles. The SMILES string of the molecule is CNC(=O)[C@H]1S[C@@H](n2cnc3c(NCc4cccc(I)c4)nc(Cl)nc32)[C@H](O[Si](C)(C)C(C)(C)C)[C@@H]1O[Si](C)(C)C(C)(C)C. The van der Waals surface area contributed by atoms with Crippen LogP contribution in [0.15, 0.2) is 30.6 Å². The van der Waals surface area contributed by atoms with Gasteiger partial charge in [-0.15, -0.1) is 11.8 Å². The van der Waals surface area contributed by atoms with Gasteiger partial charge in [-0.25, -0.2) is 4.98 Å². The van der Waals surface area contributed by atoms with Crippen LogP contribution >= 0.6 is 46.0 Å². The van der Waals surface area contributed by atoms with Gasteiger partial charge in [-0.3, -0.25) is 9.36 Å². The zero-order valence-electron chi connectivity index (χ0n) is 27.6. The minimum atomic E-state index is -2.32. The zero-order chi connectivity index (χ0) is 32.8. The maximum atomic E-state index is 13.5. The van der Waals surface area contributed by atoms with Gasteiger partial charge in [0.05, 0.1) is 12.4 Å². The molecule has 0 bridgehead atoms. The number of fused-ring (bicyclic) bond motifs is 1. The highest BCUT2D eigenvalue weighted by molar-refractivity contribution is 14.1. The molecule has 0 saturated carbocycles.